The summed E-state index contributed by atoms with van der Waals surface area (Å²) in [5, 5.41) is 2.54. The van der Waals surface area contributed by atoms with Crippen molar-refractivity contribution in [3.63, 3.8) is 0 Å². The van der Waals surface area contributed by atoms with Crippen LogP contribution in [0.15, 0.2) is 42.5 Å². The van der Waals surface area contributed by atoms with E-state index >= 15 is 0 Å². The van der Waals surface area contributed by atoms with Crippen LogP contribution in [0.25, 0.3) is 0 Å². The first-order valence-electron chi connectivity index (χ1n) is 6.90. The molecule has 24 heavy (non-hydrogen) atoms. The summed E-state index contributed by atoms with van der Waals surface area (Å²) < 4.78 is 17.9. The van der Waals surface area contributed by atoms with Crippen LogP contribution in [0.5, 0.6) is 0 Å². The molecule has 0 aliphatic carbocycles. The fourth-order valence-corrected chi connectivity index (χ4v) is 2.04. The van der Waals surface area contributed by atoms with E-state index in [1.807, 2.05) is 0 Å². The number of carbonyl (C=O) groups excluding carboxylic acids is 3. The van der Waals surface area contributed by atoms with Gasteiger partial charge in [0.05, 0.1) is 10.6 Å². The number of esters is 1. The first-order valence-corrected chi connectivity index (χ1v) is 7.27. The average molecular weight is 350 g/mol. The Labute approximate surface area is 142 Å². The number of hydrogen-bond acceptors (Lipinski definition) is 4. The molecule has 0 saturated carbocycles. The highest BCUT2D eigenvalue weighted by Crippen LogP contribution is 2.18. The Morgan fingerprint density at radius 1 is 1.12 bits per heavy atom. The number of carbonyl (C=O) groups is 3. The Balaban J connectivity index is 1.92. The molecule has 0 aromatic heterocycles. The Morgan fingerprint density at radius 2 is 1.79 bits per heavy atom. The van der Waals surface area contributed by atoms with Crippen molar-refractivity contribution >= 4 is 34.9 Å². The van der Waals surface area contributed by atoms with E-state index in [4.69, 9.17) is 16.3 Å². The molecule has 1 N–H and O–H groups in total. The number of ketones is 1. The van der Waals surface area contributed by atoms with Gasteiger partial charge in [-0.15, -0.1) is 0 Å². The van der Waals surface area contributed by atoms with E-state index in [2.05, 4.69) is 5.32 Å². The quantitative estimate of drug-likeness (QED) is 0.662. The summed E-state index contributed by atoms with van der Waals surface area (Å²) in [6.45, 7) is 0.880. The van der Waals surface area contributed by atoms with Gasteiger partial charge in [0.2, 0.25) is 0 Å². The van der Waals surface area contributed by atoms with Gasteiger partial charge in [0.1, 0.15) is 5.82 Å². The smallest absolute Gasteiger partial charge is 0.340 e. The van der Waals surface area contributed by atoms with Crippen molar-refractivity contribution in [3.8, 4) is 0 Å². The lowest BCUT2D eigenvalue weighted by molar-refractivity contribution is -0.119. The van der Waals surface area contributed by atoms with Gasteiger partial charge in [-0.05, 0) is 49.4 Å². The lowest BCUT2D eigenvalue weighted by Crippen LogP contribution is -2.21. The average Bonchev–Trinajstić information content (AvgIpc) is 2.55. The minimum atomic E-state index is -0.901. The normalized spacial score (nSPS) is 10.1. The van der Waals surface area contributed by atoms with Crippen LogP contribution in [-0.4, -0.2) is 24.3 Å². The second-order valence-electron chi connectivity index (χ2n) is 4.88. The second-order valence-corrected chi connectivity index (χ2v) is 5.29. The topological polar surface area (TPSA) is 72.5 Å². The molecule has 0 heterocycles. The molecule has 7 heteroatoms. The number of anilines is 1. The molecule has 124 valence electrons. The van der Waals surface area contributed by atoms with Crippen LogP contribution >= 0.6 is 11.6 Å². The van der Waals surface area contributed by atoms with Gasteiger partial charge in [-0.1, -0.05) is 11.6 Å². The third-order valence-electron chi connectivity index (χ3n) is 3.06. The van der Waals surface area contributed by atoms with Gasteiger partial charge in [0.15, 0.2) is 12.4 Å². The molecule has 5 nitrogen and oxygen atoms in total. The highest BCUT2D eigenvalue weighted by atomic mass is 35.5. The third kappa shape index (κ3) is 4.63. The fraction of sp³-hybridized carbons (Fsp3) is 0.118. The van der Waals surface area contributed by atoms with Gasteiger partial charge in [0, 0.05) is 11.3 Å². The van der Waals surface area contributed by atoms with Crippen LogP contribution in [-0.2, 0) is 9.53 Å². The number of ether oxygens (including phenoxy) is 1. The van der Waals surface area contributed by atoms with E-state index in [-0.39, 0.29) is 16.4 Å². The molecule has 0 spiro atoms. The predicted molar refractivity (Wildman–Crippen MR) is 86.8 cm³/mol. The molecule has 2 aromatic carbocycles. The molecular weight excluding hydrogens is 337 g/mol. The molecule has 0 saturated heterocycles. The molecule has 0 radical (unpaired) electrons. The predicted octanol–water partition coefficient (Wildman–Crippen LogP) is 3.48. The van der Waals surface area contributed by atoms with E-state index in [0.717, 1.165) is 12.1 Å². The summed E-state index contributed by atoms with van der Waals surface area (Å²) in [6.07, 6.45) is 0. The van der Waals surface area contributed by atoms with Crippen LogP contribution in [0.3, 0.4) is 0 Å². The van der Waals surface area contributed by atoms with E-state index < -0.39 is 24.3 Å². The maximum absolute atomic E-state index is 13.1. The number of rotatable bonds is 5. The van der Waals surface area contributed by atoms with Crippen LogP contribution in [0, 0.1) is 5.82 Å². The van der Waals surface area contributed by atoms with E-state index in [0.29, 0.717) is 11.3 Å². The zero-order chi connectivity index (χ0) is 17.7. The van der Waals surface area contributed by atoms with Crippen LogP contribution in [0.2, 0.25) is 5.02 Å². The first-order chi connectivity index (χ1) is 11.4. The summed E-state index contributed by atoms with van der Waals surface area (Å²) in [5.41, 5.74) is 0.806. The van der Waals surface area contributed by atoms with Gasteiger partial charge in [-0.3, -0.25) is 9.59 Å². The van der Waals surface area contributed by atoms with Crippen LogP contribution < -0.4 is 5.32 Å². The van der Waals surface area contributed by atoms with Crippen molar-refractivity contribution in [2.45, 2.75) is 6.92 Å². The van der Waals surface area contributed by atoms with Crippen molar-refractivity contribution < 1.29 is 23.5 Å². The van der Waals surface area contributed by atoms with Crippen molar-refractivity contribution in [2.24, 2.45) is 0 Å². The van der Waals surface area contributed by atoms with Crippen LogP contribution in [0.1, 0.15) is 27.6 Å². The van der Waals surface area contributed by atoms with Gasteiger partial charge >= 0.3 is 5.97 Å². The minimum absolute atomic E-state index is 0.0293. The summed E-state index contributed by atoms with van der Waals surface area (Å²) in [6, 6.07) is 9.51. The zero-order valence-corrected chi connectivity index (χ0v) is 13.4. The molecule has 1 amide bonds. The van der Waals surface area contributed by atoms with Crippen LogP contribution in [0.4, 0.5) is 10.1 Å². The molecule has 0 unspecified atom stereocenters. The number of Topliss-reactive ketones (excluding diaryl/α,β-unsaturated/α-hetero) is 1. The standard InChI is InChI=1S/C17H13ClFNO4/c1-10(21)11-2-5-13(6-3-11)20-16(22)9-24-17(23)14-8-12(19)4-7-15(14)18/h2-8H,9H2,1H3,(H,20,22). The highest BCUT2D eigenvalue weighted by Gasteiger charge is 2.15. The summed E-state index contributed by atoms with van der Waals surface area (Å²) in [4.78, 5) is 34.7. The molecular formula is C17H13ClFNO4. The van der Waals surface area contributed by atoms with Crippen molar-refractivity contribution in [1.82, 2.24) is 0 Å². The first kappa shape index (κ1) is 17.6. The van der Waals surface area contributed by atoms with E-state index in [9.17, 15) is 18.8 Å². The molecule has 2 rings (SSSR count). The van der Waals surface area contributed by atoms with E-state index in [1.54, 1.807) is 24.3 Å². The Morgan fingerprint density at radius 3 is 2.42 bits per heavy atom. The van der Waals surface area contributed by atoms with Crippen molar-refractivity contribution in [1.29, 1.82) is 0 Å². The Kier molecular flexibility index (Phi) is 5.65. The number of amides is 1. The number of hydrogen-bond donors (Lipinski definition) is 1. The summed E-state index contributed by atoms with van der Waals surface area (Å²) >= 11 is 5.78. The highest BCUT2D eigenvalue weighted by molar-refractivity contribution is 6.33. The van der Waals surface area contributed by atoms with Gasteiger partial charge in [0.25, 0.3) is 5.91 Å². The Hall–Kier alpha value is -2.73. The molecule has 0 fully saturated rings. The number of benzene rings is 2. The molecule has 2 aromatic rings. The zero-order valence-electron chi connectivity index (χ0n) is 12.6. The maximum Gasteiger partial charge on any atom is 0.340 e. The lowest BCUT2D eigenvalue weighted by Gasteiger charge is -2.08. The van der Waals surface area contributed by atoms with Crippen molar-refractivity contribution in [3.05, 3.63) is 64.4 Å². The summed E-state index contributed by atoms with van der Waals surface area (Å²) in [7, 11) is 0. The molecule has 0 bridgehead atoms. The Bertz CT molecular complexity index is 790. The fourth-order valence-electron chi connectivity index (χ4n) is 1.85. The van der Waals surface area contributed by atoms with Gasteiger partial charge < -0.3 is 10.1 Å². The molecule has 0 atom stereocenters. The molecule has 0 aliphatic rings. The number of halogens is 2. The molecule has 0 aliphatic heterocycles. The summed E-state index contributed by atoms with van der Waals surface area (Å²) in [5.74, 6) is -2.21. The maximum atomic E-state index is 13.1. The largest absolute Gasteiger partial charge is 0.452 e. The monoisotopic (exact) mass is 349 g/mol. The van der Waals surface area contributed by atoms with Crippen molar-refractivity contribution in [2.75, 3.05) is 11.9 Å². The van der Waals surface area contributed by atoms with Gasteiger partial charge in [-0.25, -0.2) is 9.18 Å². The SMILES string of the molecule is CC(=O)c1ccc(NC(=O)COC(=O)c2cc(F)ccc2Cl)cc1. The second kappa shape index (κ2) is 7.70. The minimum Gasteiger partial charge on any atom is -0.452 e. The lowest BCUT2D eigenvalue weighted by atomic mass is 10.1. The van der Waals surface area contributed by atoms with Gasteiger partial charge in [-0.2, -0.15) is 0 Å². The van der Waals surface area contributed by atoms with E-state index in [1.165, 1.54) is 13.0 Å². The third-order valence-corrected chi connectivity index (χ3v) is 3.39. The number of nitrogens with one attached hydrogen (secondary N) is 1.